The van der Waals surface area contributed by atoms with Crippen LogP contribution in [0.5, 0.6) is 0 Å². The maximum atomic E-state index is 13.0. The van der Waals surface area contributed by atoms with E-state index < -0.39 is 17.7 Å². The molecule has 0 atom stereocenters. The number of hydrogen-bond donors (Lipinski definition) is 2. The molecule has 1 amide bonds. The minimum Gasteiger partial charge on any atom is -0.478 e. The van der Waals surface area contributed by atoms with Crippen LogP contribution in [0.2, 0.25) is 5.02 Å². The number of aromatic nitrogens is 1. The Morgan fingerprint density at radius 2 is 1.84 bits per heavy atom. The Balaban J connectivity index is 1.97. The molecule has 3 aromatic rings. The third-order valence-electron chi connectivity index (χ3n) is 4.68. The molecule has 31 heavy (non-hydrogen) atoms. The summed E-state index contributed by atoms with van der Waals surface area (Å²) in [6.07, 6.45) is 1.45. The van der Waals surface area contributed by atoms with E-state index >= 15 is 0 Å². The first-order valence-corrected chi connectivity index (χ1v) is 9.50. The van der Waals surface area contributed by atoms with Crippen LogP contribution in [0.3, 0.4) is 0 Å². The van der Waals surface area contributed by atoms with Crippen LogP contribution in [0.25, 0.3) is 11.8 Å². The first-order valence-electron chi connectivity index (χ1n) is 9.12. The number of carbonyl (C=O) groups is 2. The zero-order valence-electron chi connectivity index (χ0n) is 16.6. The quantitative estimate of drug-likeness (QED) is 0.427. The third kappa shape index (κ3) is 4.65. The standard InChI is InChI=1S/C23H17ClFN3O3/c1-13-9-15(10-16(12-26)22(29)27-18-5-3-17(25)4-6-18)14(2)28(13)19-7-8-21(24)20(11-19)23(30)31/h3-11H,1-2H3,(H,27,29)(H,30,31)/b16-10-. The molecule has 2 aromatic carbocycles. The van der Waals surface area contributed by atoms with Gasteiger partial charge in [0.25, 0.3) is 5.91 Å². The predicted molar refractivity (Wildman–Crippen MR) is 116 cm³/mol. The number of aromatic carboxylic acids is 1. The highest BCUT2D eigenvalue weighted by Gasteiger charge is 2.16. The Labute approximate surface area is 182 Å². The summed E-state index contributed by atoms with van der Waals surface area (Å²) in [6, 6.07) is 13.5. The van der Waals surface area contributed by atoms with Crippen molar-refractivity contribution >= 4 is 35.2 Å². The van der Waals surface area contributed by atoms with Gasteiger partial charge in [0.2, 0.25) is 0 Å². The van der Waals surface area contributed by atoms with Crippen LogP contribution in [0.4, 0.5) is 10.1 Å². The SMILES string of the molecule is Cc1cc(/C=C(/C#N)C(=O)Nc2ccc(F)cc2)c(C)n1-c1ccc(Cl)c(C(=O)O)c1. The van der Waals surface area contributed by atoms with E-state index in [0.717, 1.165) is 5.69 Å². The van der Waals surface area contributed by atoms with Gasteiger partial charge in [-0.1, -0.05) is 11.6 Å². The van der Waals surface area contributed by atoms with Crippen molar-refractivity contribution in [2.75, 3.05) is 5.32 Å². The van der Waals surface area contributed by atoms with E-state index in [4.69, 9.17) is 11.6 Å². The fraction of sp³-hybridized carbons (Fsp3) is 0.0870. The summed E-state index contributed by atoms with van der Waals surface area (Å²) < 4.78 is 14.8. The van der Waals surface area contributed by atoms with Crippen LogP contribution in [0, 0.1) is 31.0 Å². The smallest absolute Gasteiger partial charge is 0.337 e. The molecule has 1 heterocycles. The fourth-order valence-electron chi connectivity index (χ4n) is 3.18. The summed E-state index contributed by atoms with van der Waals surface area (Å²) in [5.74, 6) is -2.20. The molecule has 1 aromatic heterocycles. The van der Waals surface area contributed by atoms with Crippen LogP contribution in [0.1, 0.15) is 27.3 Å². The number of carboxylic acids is 1. The van der Waals surface area contributed by atoms with E-state index in [1.165, 1.54) is 42.5 Å². The van der Waals surface area contributed by atoms with E-state index in [0.29, 0.717) is 22.6 Å². The van der Waals surface area contributed by atoms with Crippen molar-refractivity contribution in [2.45, 2.75) is 13.8 Å². The maximum Gasteiger partial charge on any atom is 0.337 e. The van der Waals surface area contributed by atoms with Gasteiger partial charge in [0.05, 0.1) is 10.6 Å². The lowest BCUT2D eigenvalue weighted by molar-refractivity contribution is -0.112. The zero-order chi connectivity index (χ0) is 22.7. The second kappa shape index (κ2) is 8.86. The van der Waals surface area contributed by atoms with Crippen LogP contribution in [-0.4, -0.2) is 21.6 Å². The average molecular weight is 438 g/mol. The zero-order valence-corrected chi connectivity index (χ0v) is 17.4. The summed E-state index contributed by atoms with van der Waals surface area (Å²) in [4.78, 5) is 23.9. The molecule has 0 aliphatic carbocycles. The molecular weight excluding hydrogens is 421 g/mol. The molecule has 0 saturated carbocycles. The van der Waals surface area contributed by atoms with E-state index in [2.05, 4.69) is 5.32 Å². The first-order chi connectivity index (χ1) is 14.7. The summed E-state index contributed by atoms with van der Waals surface area (Å²) >= 11 is 5.96. The van der Waals surface area contributed by atoms with E-state index in [1.54, 1.807) is 19.1 Å². The number of aryl methyl sites for hydroxylation is 1. The van der Waals surface area contributed by atoms with Gasteiger partial charge in [-0.3, -0.25) is 4.79 Å². The lowest BCUT2D eigenvalue weighted by Gasteiger charge is -2.11. The summed E-state index contributed by atoms with van der Waals surface area (Å²) in [5.41, 5.74) is 2.89. The number of rotatable bonds is 5. The van der Waals surface area contributed by atoms with Gasteiger partial charge in [-0.25, -0.2) is 9.18 Å². The molecule has 0 unspecified atom stereocenters. The molecule has 0 radical (unpaired) electrons. The van der Waals surface area contributed by atoms with Gasteiger partial charge >= 0.3 is 5.97 Å². The molecule has 0 spiro atoms. The third-order valence-corrected chi connectivity index (χ3v) is 5.01. The topological polar surface area (TPSA) is 95.1 Å². The van der Waals surface area contributed by atoms with E-state index in [1.807, 2.05) is 17.6 Å². The molecule has 8 heteroatoms. The van der Waals surface area contributed by atoms with Gasteiger partial charge in [-0.05, 0) is 74.0 Å². The monoisotopic (exact) mass is 437 g/mol. The van der Waals surface area contributed by atoms with Gasteiger partial charge in [0, 0.05) is 22.8 Å². The molecule has 0 aliphatic rings. The highest BCUT2D eigenvalue weighted by molar-refractivity contribution is 6.33. The van der Waals surface area contributed by atoms with Gasteiger partial charge in [-0.2, -0.15) is 5.26 Å². The number of halogens is 2. The van der Waals surface area contributed by atoms with E-state index in [9.17, 15) is 24.3 Å². The summed E-state index contributed by atoms with van der Waals surface area (Å²) in [5, 5.41) is 21.5. The molecule has 0 aliphatic heterocycles. The minimum absolute atomic E-state index is 0.0276. The second-order valence-corrected chi connectivity index (χ2v) is 7.17. The molecule has 0 fully saturated rings. The van der Waals surface area contributed by atoms with Crippen molar-refractivity contribution in [3.8, 4) is 11.8 Å². The fourth-order valence-corrected chi connectivity index (χ4v) is 3.38. The van der Waals surface area contributed by atoms with Crippen molar-refractivity contribution in [1.82, 2.24) is 4.57 Å². The van der Waals surface area contributed by atoms with Crippen LogP contribution in [-0.2, 0) is 4.79 Å². The number of nitriles is 1. The van der Waals surface area contributed by atoms with E-state index in [-0.39, 0.29) is 16.2 Å². The van der Waals surface area contributed by atoms with Crippen LogP contribution >= 0.6 is 11.6 Å². The van der Waals surface area contributed by atoms with Gasteiger partial charge in [0.1, 0.15) is 17.5 Å². The molecule has 3 rings (SSSR count). The Morgan fingerprint density at radius 1 is 1.16 bits per heavy atom. The normalized spacial score (nSPS) is 11.1. The Kier molecular flexibility index (Phi) is 6.23. The lowest BCUT2D eigenvalue weighted by Crippen LogP contribution is -2.13. The molecule has 0 bridgehead atoms. The number of nitrogens with zero attached hydrogens (tertiary/aromatic N) is 2. The summed E-state index contributed by atoms with van der Waals surface area (Å²) in [7, 11) is 0. The number of hydrogen-bond acceptors (Lipinski definition) is 3. The molecule has 0 saturated heterocycles. The van der Waals surface area contributed by atoms with Crippen molar-refractivity contribution in [1.29, 1.82) is 5.26 Å². The van der Waals surface area contributed by atoms with Crippen molar-refractivity contribution < 1.29 is 19.1 Å². The van der Waals surface area contributed by atoms with Gasteiger partial charge in [-0.15, -0.1) is 0 Å². The summed E-state index contributed by atoms with van der Waals surface area (Å²) in [6.45, 7) is 3.62. The van der Waals surface area contributed by atoms with Crippen LogP contribution < -0.4 is 5.32 Å². The molecular formula is C23H17ClFN3O3. The van der Waals surface area contributed by atoms with Crippen molar-refractivity contribution in [3.63, 3.8) is 0 Å². The number of benzene rings is 2. The highest BCUT2D eigenvalue weighted by atomic mass is 35.5. The highest BCUT2D eigenvalue weighted by Crippen LogP contribution is 2.26. The Hall–Kier alpha value is -3.89. The minimum atomic E-state index is -1.14. The Morgan fingerprint density at radius 3 is 2.45 bits per heavy atom. The van der Waals surface area contributed by atoms with Gasteiger partial charge < -0.3 is 15.0 Å². The maximum absolute atomic E-state index is 13.0. The number of carboxylic acid groups (broad SMARTS) is 1. The number of carbonyl (C=O) groups excluding carboxylic acids is 1. The number of nitrogens with one attached hydrogen (secondary N) is 1. The van der Waals surface area contributed by atoms with Crippen molar-refractivity contribution in [2.24, 2.45) is 0 Å². The lowest BCUT2D eigenvalue weighted by atomic mass is 10.1. The Bertz CT molecular complexity index is 1250. The first kappa shape index (κ1) is 21.8. The number of amides is 1. The average Bonchev–Trinajstić information content (AvgIpc) is 3.01. The molecule has 2 N–H and O–H groups in total. The van der Waals surface area contributed by atoms with Gasteiger partial charge in [0.15, 0.2) is 0 Å². The predicted octanol–water partition coefficient (Wildman–Crippen LogP) is 5.13. The number of anilines is 1. The molecule has 6 nitrogen and oxygen atoms in total. The second-order valence-electron chi connectivity index (χ2n) is 6.76. The molecule has 156 valence electrons. The van der Waals surface area contributed by atoms with Crippen LogP contribution in [0.15, 0.2) is 54.1 Å². The largest absolute Gasteiger partial charge is 0.478 e. The van der Waals surface area contributed by atoms with Crippen molar-refractivity contribution in [3.05, 3.63) is 87.5 Å².